The van der Waals surface area contributed by atoms with Crippen molar-refractivity contribution in [2.75, 3.05) is 13.2 Å². The number of aliphatic hydroxyl groups is 1. The zero-order chi connectivity index (χ0) is 14.2. The van der Waals surface area contributed by atoms with Crippen molar-refractivity contribution in [2.24, 2.45) is 0 Å². The number of benzene rings is 1. The van der Waals surface area contributed by atoms with Crippen LogP contribution in [0, 0.1) is 0 Å². The zero-order valence-electron chi connectivity index (χ0n) is 12.1. The Morgan fingerprint density at radius 2 is 2.00 bits per heavy atom. The van der Waals surface area contributed by atoms with E-state index in [1.165, 1.54) is 12.0 Å². The van der Waals surface area contributed by atoms with E-state index in [1.54, 1.807) is 0 Å². The van der Waals surface area contributed by atoms with Crippen LogP contribution in [-0.2, 0) is 11.2 Å². The molecule has 0 aliphatic carbocycles. The first kappa shape index (κ1) is 15.0. The van der Waals surface area contributed by atoms with E-state index in [0.717, 1.165) is 38.6 Å². The van der Waals surface area contributed by atoms with Gasteiger partial charge in [0, 0.05) is 13.0 Å². The van der Waals surface area contributed by atoms with Crippen molar-refractivity contribution < 1.29 is 9.90 Å². The van der Waals surface area contributed by atoms with Gasteiger partial charge in [-0.1, -0.05) is 43.2 Å². The van der Waals surface area contributed by atoms with Gasteiger partial charge < -0.3 is 10.0 Å². The second kappa shape index (κ2) is 8.05. The maximum absolute atomic E-state index is 12.3. The third kappa shape index (κ3) is 4.34. The van der Waals surface area contributed by atoms with Crippen LogP contribution in [0.4, 0.5) is 0 Å². The van der Waals surface area contributed by atoms with Crippen LogP contribution < -0.4 is 0 Å². The van der Waals surface area contributed by atoms with Crippen LogP contribution in [0.25, 0.3) is 0 Å². The first-order chi connectivity index (χ1) is 9.81. The molecular weight excluding hydrogens is 250 g/mol. The molecule has 1 N–H and O–H groups in total. The summed E-state index contributed by atoms with van der Waals surface area (Å²) in [6.07, 6.45) is 6.73. The molecular formula is C17H25NO2. The number of rotatable bonds is 5. The van der Waals surface area contributed by atoms with Gasteiger partial charge in [0.2, 0.25) is 5.91 Å². The molecule has 0 saturated carbocycles. The van der Waals surface area contributed by atoms with Gasteiger partial charge in [-0.05, 0) is 31.2 Å². The third-order valence-corrected chi connectivity index (χ3v) is 4.11. The number of aliphatic hydroxyl groups excluding tert-OH is 1. The molecule has 0 aromatic heterocycles. The monoisotopic (exact) mass is 275 g/mol. The molecule has 2 rings (SSSR count). The van der Waals surface area contributed by atoms with E-state index in [1.807, 2.05) is 23.1 Å². The van der Waals surface area contributed by atoms with E-state index in [-0.39, 0.29) is 18.6 Å². The lowest BCUT2D eigenvalue weighted by Gasteiger charge is -2.28. The van der Waals surface area contributed by atoms with Crippen LogP contribution in [0.2, 0.25) is 0 Å². The van der Waals surface area contributed by atoms with E-state index >= 15 is 0 Å². The van der Waals surface area contributed by atoms with E-state index in [9.17, 15) is 9.90 Å². The Balaban J connectivity index is 1.80. The molecule has 1 heterocycles. The van der Waals surface area contributed by atoms with Crippen LogP contribution in [0.1, 0.15) is 44.1 Å². The lowest BCUT2D eigenvalue weighted by molar-refractivity contribution is -0.134. The number of carbonyl (C=O) groups excluding carboxylic acids is 1. The fourth-order valence-electron chi connectivity index (χ4n) is 2.93. The van der Waals surface area contributed by atoms with Crippen molar-refractivity contribution in [3.63, 3.8) is 0 Å². The van der Waals surface area contributed by atoms with Gasteiger partial charge in [-0.2, -0.15) is 0 Å². The Bertz CT molecular complexity index is 405. The van der Waals surface area contributed by atoms with Gasteiger partial charge in [-0.25, -0.2) is 0 Å². The topological polar surface area (TPSA) is 40.5 Å². The van der Waals surface area contributed by atoms with Crippen LogP contribution in [0.5, 0.6) is 0 Å². The van der Waals surface area contributed by atoms with Crippen molar-refractivity contribution in [3.05, 3.63) is 35.9 Å². The summed E-state index contributed by atoms with van der Waals surface area (Å²) in [5.74, 6) is 0.210. The number of hydrogen-bond donors (Lipinski definition) is 1. The fourth-order valence-corrected chi connectivity index (χ4v) is 2.93. The molecule has 1 atom stereocenters. The molecule has 0 bridgehead atoms. The molecule has 1 fully saturated rings. The van der Waals surface area contributed by atoms with Crippen molar-refractivity contribution in [3.8, 4) is 0 Å². The maximum atomic E-state index is 12.3. The molecule has 20 heavy (non-hydrogen) atoms. The number of nitrogens with zero attached hydrogens (tertiary/aromatic N) is 1. The SMILES string of the molecule is O=C(CCCc1ccccc1)N1CCCCCC1CO. The van der Waals surface area contributed by atoms with Gasteiger partial charge in [0.05, 0.1) is 12.6 Å². The number of hydrogen-bond acceptors (Lipinski definition) is 2. The normalized spacial score (nSPS) is 19.6. The molecule has 1 aromatic rings. The Morgan fingerprint density at radius 1 is 1.20 bits per heavy atom. The largest absolute Gasteiger partial charge is 0.394 e. The van der Waals surface area contributed by atoms with Crippen molar-refractivity contribution in [1.82, 2.24) is 4.90 Å². The molecule has 1 aliphatic rings. The first-order valence-electron chi connectivity index (χ1n) is 7.75. The minimum atomic E-state index is 0.0433. The Hall–Kier alpha value is -1.35. The van der Waals surface area contributed by atoms with E-state index in [0.29, 0.717) is 6.42 Å². The summed E-state index contributed by atoms with van der Waals surface area (Å²) in [5.41, 5.74) is 1.29. The molecule has 1 aliphatic heterocycles. The van der Waals surface area contributed by atoms with Crippen LogP contribution in [0.15, 0.2) is 30.3 Å². The quantitative estimate of drug-likeness (QED) is 0.897. The van der Waals surface area contributed by atoms with E-state index in [4.69, 9.17) is 0 Å². The molecule has 0 spiro atoms. The lowest BCUT2D eigenvalue weighted by atomic mass is 10.1. The van der Waals surface area contributed by atoms with Crippen LogP contribution in [-0.4, -0.2) is 35.1 Å². The predicted molar refractivity (Wildman–Crippen MR) is 80.4 cm³/mol. The molecule has 1 amide bonds. The number of aryl methyl sites for hydroxylation is 1. The summed E-state index contributed by atoms with van der Waals surface area (Å²) >= 11 is 0. The Morgan fingerprint density at radius 3 is 2.75 bits per heavy atom. The lowest BCUT2D eigenvalue weighted by Crippen LogP contribution is -2.42. The summed E-state index contributed by atoms with van der Waals surface area (Å²) < 4.78 is 0. The molecule has 110 valence electrons. The summed E-state index contributed by atoms with van der Waals surface area (Å²) in [6, 6.07) is 10.3. The highest BCUT2D eigenvalue weighted by molar-refractivity contribution is 5.76. The molecule has 3 nitrogen and oxygen atoms in total. The predicted octanol–water partition coefficient (Wildman–Crippen LogP) is 2.77. The number of carbonyl (C=O) groups is 1. The average molecular weight is 275 g/mol. The standard InChI is InChI=1S/C17H25NO2/c19-14-16-11-5-2-6-13-18(16)17(20)12-7-10-15-8-3-1-4-9-15/h1,3-4,8-9,16,19H,2,5-7,10-14H2. The summed E-state index contributed by atoms with van der Waals surface area (Å²) in [4.78, 5) is 14.2. The number of likely N-dealkylation sites (tertiary alicyclic amines) is 1. The highest BCUT2D eigenvalue weighted by atomic mass is 16.3. The number of amides is 1. The van der Waals surface area contributed by atoms with Gasteiger partial charge in [0.1, 0.15) is 0 Å². The second-order valence-electron chi connectivity index (χ2n) is 5.61. The van der Waals surface area contributed by atoms with Crippen molar-refractivity contribution >= 4 is 5.91 Å². The smallest absolute Gasteiger partial charge is 0.222 e. The van der Waals surface area contributed by atoms with Gasteiger partial charge >= 0.3 is 0 Å². The van der Waals surface area contributed by atoms with E-state index < -0.39 is 0 Å². The molecule has 3 heteroatoms. The minimum Gasteiger partial charge on any atom is -0.394 e. The first-order valence-corrected chi connectivity index (χ1v) is 7.75. The summed E-state index contributed by atoms with van der Waals surface area (Å²) in [5, 5.41) is 9.44. The minimum absolute atomic E-state index is 0.0433. The van der Waals surface area contributed by atoms with Gasteiger partial charge in [0.25, 0.3) is 0 Å². The molecule has 1 unspecified atom stereocenters. The Labute approximate surface area is 121 Å². The van der Waals surface area contributed by atoms with Crippen molar-refractivity contribution in [1.29, 1.82) is 0 Å². The second-order valence-corrected chi connectivity index (χ2v) is 5.61. The average Bonchev–Trinajstić information content (AvgIpc) is 2.73. The van der Waals surface area contributed by atoms with Crippen LogP contribution >= 0.6 is 0 Å². The highest BCUT2D eigenvalue weighted by Gasteiger charge is 2.24. The fraction of sp³-hybridized carbons (Fsp3) is 0.588. The van der Waals surface area contributed by atoms with Gasteiger partial charge in [-0.15, -0.1) is 0 Å². The molecule has 0 radical (unpaired) electrons. The molecule has 1 saturated heterocycles. The van der Waals surface area contributed by atoms with Gasteiger partial charge in [-0.3, -0.25) is 4.79 Å². The summed E-state index contributed by atoms with van der Waals surface area (Å²) in [7, 11) is 0. The third-order valence-electron chi connectivity index (χ3n) is 4.11. The Kier molecular flexibility index (Phi) is 6.06. The summed E-state index contributed by atoms with van der Waals surface area (Å²) in [6.45, 7) is 0.916. The van der Waals surface area contributed by atoms with Gasteiger partial charge in [0.15, 0.2) is 0 Å². The highest BCUT2D eigenvalue weighted by Crippen LogP contribution is 2.18. The van der Waals surface area contributed by atoms with Crippen LogP contribution in [0.3, 0.4) is 0 Å². The zero-order valence-corrected chi connectivity index (χ0v) is 12.1. The maximum Gasteiger partial charge on any atom is 0.222 e. The molecule has 1 aromatic carbocycles. The van der Waals surface area contributed by atoms with Crippen molar-refractivity contribution in [2.45, 2.75) is 51.0 Å². The van der Waals surface area contributed by atoms with E-state index in [2.05, 4.69) is 12.1 Å².